The molecule has 5 heteroatoms. The Morgan fingerprint density at radius 3 is 2.47 bits per heavy atom. The molecular formula is C14H17NO3S. The third kappa shape index (κ3) is 3.73. The van der Waals surface area contributed by atoms with E-state index in [0.29, 0.717) is 12.5 Å². The fraction of sp³-hybridized carbons (Fsp3) is 0.429. The van der Waals surface area contributed by atoms with E-state index in [1.807, 2.05) is 11.8 Å². The van der Waals surface area contributed by atoms with E-state index in [9.17, 15) is 9.59 Å². The molecule has 1 fully saturated rings. The predicted molar refractivity (Wildman–Crippen MR) is 75.8 cm³/mol. The van der Waals surface area contributed by atoms with Gasteiger partial charge < -0.3 is 10.4 Å². The quantitative estimate of drug-likeness (QED) is 0.887. The zero-order chi connectivity index (χ0) is 13.7. The first kappa shape index (κ1) is 13.9. The lowest BCUT2D eigenvalue weighted by atomic mass is 10.0. The van der Waals surface area contributed by atoms with Crippen LogP contribution in [0.3, 0.4) is 0 Å². The van der Waals surface area contributed by atoms with Gasteiger partial charge in [0, 0.05) is 6.54 Å². The van der Waals surface area contributed by atoms with Crippen LogP contribution in [-0.2, 0) is 0 Å². The van der Waals surface area contributed by atoms with Gasteiger partial charge in [-0.1, -0.05) is 12.1 Å². The molecule has 0 spiro atoms. The van der Waals surface area contributed by atoms with Crippen molar-refractivity contribution in [1.29, 1.82) is 0 Å². The van der Waals surface area contributed by atoms with E-state index in [4.69, 9.17) is 5.11 Å². The van der Waals surface area contributed by atoms with Gasteiger partial charge in [0.25, 0.3) is 5.91 Å². The Kier molecular flexibility index (Phi) is 4.85. The highest BCUT2D eigenvalue weighted by molar-refractivity contribution is 7.99. The summed E-state index contributed by atoms with van der Waals surface area (Å²) in [5.41, 5.74) is 0.291. The Labute approximate surface area is 116 Å². The second-order valence-corrected chi connectivity index (χ2v) is 5.84. The van der Waals surface area contributed by atoms with Crippen LogP contribution in [0.25, 0.3) is 0 Å². The van der Waals surface area contributed by atoms with Gasteiger partial charge in [0.2, 0.25) is 0 Å². The van der Waals surface area contributed by atoms with Crippen LogP contribution in [0.2, 0.25) is 0 Å². The summed E-state index contributed by atoms with van der Waals surface area (Å²) in [5, 5.41) is 11.9. The number of rotatable bonds is 4. The molecule has 1 aromatic rings. The lowest BCUT2D eigenvalue weighted by Gasteiger charge is -2.21. The molecule has 1 saturated heterocycles. The molecule has 0 bridgehead atoms. The molecule has 2 rings (SSSR count). The minimum atomic E-state index is -1.07. The monoisotopic (exact) mass is 279 g/mol. The second-order valence-electron chi connectivity index (χ2n) is 4.62. The van der Waals surface area contributed by atoms with Crippen molar-refractivity contribution in [3.8, 4) is 0 Å². The van der Waals surface area contributed by atoms with Crippen molar-refractivity contribution in [3.63, 3.8) is 0 Å². The van der Waals surface area contributed by atoms with Crippen molar-refractivity contribution >= 4 is 23.6 Å². The number of carboxylic acids is 1. The first-order chi connectivity index (χ1) is 9.18. The zero-order valence-corrected chi connectivity index (χ0v) is 11.4. The summed E-state index contributed by atoms with van der Waals surface area (Å²) in [6.45, 7) is 0.632. The molecule has 1 aliphatic heterocycles. The maximum Gasteiger partial charge on any atom is 0.336 e. The van der Waals surface area contributed by atoms with Crippen LogP contribution < -0.4 is 5.32 Å². The van der Waals surface area contributed by atoms with E-state index in [1.54, 1.807) is 18.2 Å². The normalized spacial score (nSPS) is 16.0. The molecule has 0 aromatic heterocycles. The van der Waals surface area contributed by atoms with Crippen LogP contribution in [0.5, 0.6) is 0 Å². The number of carbonyl (C=O) groups excluding carboxylic acids is 1. The van der Waals surface area contributed by atoms with E-state index >= 15 is 0 Å². The van der Waals surface area contributed by atoms with Crippen LogP contribution in [0.4, 0.5) is 0 Å². The Balaban J connectivity index is 1.97. The first-order valence-electron chi connectivity index (χ1n) is 6.36. The summed E-state index contributed by atoms with van der Waals surface area (Å²) in [6, 6.07) is 6.31. The average molecular weight is 279 g/mol. The Morgan fingerprint density at radius 2 is 1.84 bits per heavy atom. The highest BCUT2D eigenvalue weighted by atomic mass is 32.2. The maximum absolute atomic E-state index is 12.0. The fourth-order valence-corrected chi connectivity index (χ4v) is 3.35. The number of benzene rings is 1. The molecule has 0 radical (unpaired) electrons. The first-order valence-corrected chi connectivity index (χ1v) is 7.52. The predicted octanol–water partition coefficient (Wildman–Crippen LogP) is 2.26. The highest BCUT2D eigenvalue weighted by Crippen LogP contribution is 2.22. The van der Waals surface area contributed by atoms with E-state index in [1.165, 1.54) is 6.07 Å². The molecule has 0 saturated carbocycles. The Morgan fingerprint density at radius 1 is 1.21 bits per heavy atom. The number of nitrogens with one attached hydrogen (secondary N) is 1. The molecular weight excluding hydrogens is 262 g/mol. The van der Waals surface area contributed by atoms with Gasteiger partial charge in [-0.25, -0.2) is 4.79 Å². The van der Waals surface area contributed by atoms with Crippen molar-refractivity contribution in [1.82, 2.24) is 5.32 Å². The van der Waals surface area contributed by atoms with E-state index in [2.05, 4.69) is 5.32 Å². The number of hydrogen-bond donors (Lipinski definition) is 2. The van der Waals surface area contributed by atoms with E-state index in [0.717, 1.165) is 24.3 Å². The van der Waals surface area contributed by atoms with Crippen LogP contribution in [-0.4, -0.2) is 35.0 Å². The molecule has 0 atom stereocenters. The van der Waals surface area contributed by atoms with Crippen molar-refractivity contribution in [2.75, 3.05) is 18.1 Å². The molecule has 2 N–H and O–H groups in total. The van der Waals surface area contributed by atoms with Gasteiger partial charge in [0.15, 0.2) is 0 Å². The van der Waals surface area contributed by atoms with E-state index < -0.39 is 5.97 Å². The molecule has 102 valence electrons. The van der Waals surface area contributed by atoms with Crippen LogP contribution in [0.1, 0.15) is 33.6 Å². The van der Waals surface area contributed by atoms with E-state index in [-0.39, 0.29) is 17.0 Å². The SMILES string of the molecule is O=C(O)c1ccccc1C(=O)NCC1CCSCC1. The summed E-state index contributed by atoms with van der Waals surface area (Å²) in [5.74, 6) is 1.44. The Bertz CT molecular complexity index is 470. The summed E-state index contributed by atoms with van der Waals surface area (Å²) in [7, 11) is 0. The van der Waals surface area contributed by atoms with Gasteiger partial charge in [0.05, 0.1) is 11.1 Å². The molecule has 1 aromatic carbocycles. The third-order valence-electron chi connectivity index (χ3n) is 3.29. The van der Waals surface area contributed by atoms with Gasteiger partial charge in [-0.05, 0) is 42.4 Å². The zero-order valence-electron chi connectivity index (χ0n) is 10.6. The van der Waals surface area contributed by atoms with Crippen LogP contribution in [0.15, 0.2) is 24.3 Å². The molecule has 1 heterocycles. The number of carboxylic acid groups (broad SMARTS) is 1. The third-order valence-corrected chi connectivity index (χ3v) is 4.34. The molecule has 1 aliphatic rings. The number of carbonyl (C=O) groups is 2. The van der Waals surface area contributed by atoms with Gasteiger partial charge in [-0.2, -0.15) is 11.8 Å². The fourth-order valence-electron chi connectivity index (χ4n) is 2.15. The van der Waals surface area contributed by atoms with Crippen molar-refractivity contribution < 1.29 is 14.7 Å². The van der Waals surface area contributed by atoms with Gasteiger partial charge >= 0.3 is 5.97 Å². The van der Waals surface area contributed by atoms with Crippen LogP contribution >= 0.6 is 11.8 Å². The number of hydrogen-bond acceptors (Lipinski definition) is 3. The van der Waals surface area contributed by atoms with Crippen LogP contribution in [0, 0.1) is 5.92 Å². The topological polar surface area (TPSA) is 66.4 Å². The van der Waals surface area contributed by atoms with Gasteiger partial charge in [-0.3, -0.25) is 4.79 Å². The Hall–Kier alpha value is -1.49. The average Bonchev–Trinajstić information content (AvgIpc) is 2.46. The summed E-state index contributed by atoms with van der Waals surface area (Å²) in [4.78, 5) is 23.1. The molecule has 19 heavy (non-hydrogen) atoms. The molecule has 1 amide bonds. The molecule has 0 aliphatic carbocycles. The summed E-state index contributed by atoms with van der Waals surface area (Å²) < 4.78 is 0. The van der Waals surface area contributed by atoms with Gasteiger partial charge in [0.1, 0.15) is 0 Å². The summed E-state index contributed by atoms with van der Waals surface area (Å²) in [6.07, 6.45) is 2.23. The lowest BCUT2D eigenvalue weighted by molar-refractivity contribution is 0.0691. The number of amides is 1. The van der Waals surface area contributed by atoms with Crippen molar-refractivity contribution in [2.24, 2.45) is 5.92 Å². The minimum Gasteiger partial charge on any atom is -0.478 e. The van der Waals surface area contributed by atoms with Crippen molar-refractivity contribution in [3.05, 3.63) is 35.4 Å². The minimum absolute atomic E-state index is 0.0548. The maximum atomic E-state index is 12.0. The second kappa shape index (κ2) is 6.61. The number of thioether (sulfide) groups is 1. The molecule has 4 nitrogen and oxygen atoms in total. The summed E-state index contributed by atoms with van der Waals surface area (Å²) >= 11 is 1.95. The smallest absolute Gasteiger partial charge is 0.336 e. The van der Waals surface area contributed by atoms with Crippen molar-refractivity contribution in [2.45, 2.75) is 12.8 Å². The lowest BCUT2D eigenvalue weighted by Crippen LogP contribution is -2.31. The highest BCUT2D eigenvalue weighted by Gasteiger charge is 2.18. The standard InChI is InChI=1S/C14H17NO3S/c16-13(15-9-10-5-7-19-8-6-10)11-3-1-2-4-12(11)14(17)18/h1-4,10H,5-9H2,(H,15,16)(H,17,18). The largest absolute Gasteiger partial charge is 0.478 e. The van der Waals surface area contributed by atoms with Gasteiger partial charge in [-0.15, -0.1) is 0 Å². The number of aromatic carboxylic acids is 1. The molecule has 0 unspecified atom stereocenters.